The Morgan fingerprint density at radius 2 is 2.17 bits per heavy atom. The van der Waals surface area contributed by atoms with Crippen LogP contribution in [0.4, 0.5) is 15.8 Å². The first-order valence-corrected chi connectivity index (χ1v) is 8.35. The molecule has 0 fully saturated rings. The van der Waals surface area contributed by atoms with Gasteiger partial charge in [0.05, 0.1) is 11.5 Å². The zero-order chi connectivity index (χ0) is 21.0. The van der Waals surface area contributed by atoms with Gasteiger partial charge in [-0.3, -0.25) is 19.6 Å². The number of hydrogen-bond acceptors (Lipinski definition) is 7. The van der Waals surface area contributed by atoms with Crippen LogP contribution in [0.15, 0.2) is 53.2 Å². The zero-order valence-electron chi connectivity index (χ0n) is 15.1. The average Bonchev–Trinajstić information content (AvgIpc) is 3.35. The molecule has 2 aromatic heterocycles. The van der Waals surface area contributed by atoms with E-state index in [0.717, 1.165) is 18.2 Å². The fourth-order valence-corrected chi connectivity index (χ4v) is 2.37. The highest BCUT2D eigenvalue weighted by Crippen LogP contribution is 2.22. The van der Waals surface area contributed by atoms with Gasteiger partial charge in [-0.2, -0.15) is 9.49 Å². The minimum Gasteiger partial charge on any atom is -0.452 e. The van der Waals surface area contributed by atoms with E-state index in [1.165, 1.54) is 13.0 Å². The quantitative estimate of drug-likeness (QED) is 0.365. The Kier molecular flexibility index (Phi) is 5.67. The first-order chi connectivity index (χ1) is 13.8. The van der Waals surface area contributed by atoms with Crippen molar-refractivity contribution in [2.75, 3.05) is 5.32 Å². The van der Waals surface area contributed by atoms with Crippen LogP contribution >= 0.6 is 0 Å². The molecule has 0 bridgehead atoms. The van der Waals surface area contributed by atoms with Gasteiger partial charge in [0.15, 0.2) is 6.10 Å². The van der Waals surface area contributed by atoms with Gasteiger partial charge in [-0.25, -0.2) is 4.79 Å². The molecule has 0 spiro atoms. The lowest BCUT2D eigenvalue weighted by Gasteiger charge is -2.12. The lowest BCUT2D eigenvalue weighted by molar-refractivity contribution is -0.387. The maximum atomic E-state index is 13.4. The van der Waals surface area contributed by atoms with Crippen molar-refractivity contribution >= 4 is 23.3 Å². The maximum absolute atomic E-state index is 13.4. The summed E-state index contributed by atoms with van der Waals surface area (Å²) < 4.78 is 25.4. The Morgan fingerprint density at radius 1 is 1.38 bits per heavy atom. The largest absolute Gasteiger partial charge is 0.452 e. The predicted molar refractivity (Wildman–Crippen MR) is 96.6 cm³/mol. The molecular formula is C18H15FN4O6. The van der Waals surface area contributed by atoms with E-state index in [9.17, 15) is 24.1 Å². The first kappa shape index (κ1) is 19.7. The molecule has 0 radical (unpaired) electrons. The molecule has 150 valence electrons. The number of amides is 1. The van der Waals surface area contributed by atoms with Gasteiger partial charge in [0.2, 0.25) is 11.6 Å². The first-order valence-electron chi connectivity index (χ1n) is 8.35. The lowest BCUT2D eigenvalue weighted by atomic mass is 10.2. The SMILES string of the molecule is CC(OC(=O)c1ccc(Cn2cccn2)o1)C(=O)Nc1ccc(F)c([N+](=O)[O-])c1. The van der Waals surface area contributed by atoms with Crippen molar-refractivity contribution in [1.29, 1.82) is 0 Å². The molecule has 1 atom stereocenters. The van der Waals surface area contributed by atoms with E-state index >= 15 is 0 Å². The second kappa shape index (κ2) is 8.33. The molecule has 1 unspecified atom stereocenters. The molecule has 2 heterocycles. The van der Waals surface area contributed by atoms with E-state index in [2.05, 4.69) is 10.4 Å². The Bertz CT molecular complexity index is 1050. The van der Waals surface area contributed by atoms with Crippen LogP contribution < -0.4 is 5.32 Å². The van der Waals surface area contributed by atoms with Crippen molar-refractivity contribution in [3.05, 3.63) is 76.2 Å². The lowest BCUT2D eigenvalue weighted by Crippen LogP contribution is -2.29. The molecule has 0 aliphatic rings. The number of anilines is 1. The van der Waals surface area contributed by atoms with Crippen LogP contribution in [0, 0.1) is 15.9 Å². The average molecular weight is 402 g/mol. The van der Waals surface area contributed by atoms with Crippen molar-refractivity contribution < 1.29 is 28.1 Å². The second-order valence-corrected chi connectivity index (χ2v) is 5.93. The van der Waals surface area contributed by atoms with Gasteiger partial charge in [0.25, 0.3) is 5.91 Å². The summed E-state index contributed by atoms with van der Waals surface area (Å²) in [5.74, 6) is -2.26. The summed E-state index contributed by atoms with van der Waals surface area (Å²) in [5.41, 5.74) is -0.793. The fraction of sp³-hybridized carbons (Fsp3) is 0.167. The molecule has 3 aromatic rings. The molecule has 11 heteroatoms. The van der Waals surface area contributed by atoms with Crippen LogP contribution in [0.2, 0.25) is 0 Å². The number of nitro benzene ring substituents is 1. The number of esters is 1. The number of aromatic nitrogens is 2. The van der Waals surface area contributed by atoms with Gasteiger partial charge in [-0.1, -0.05) is 0 Å². The number of ether oxygens (including phenoxy) is 1. The molecule has 29 heavy (non-hydrogen) atoms. The van der Waals surface area contributed by atoms with Gasteiger partial charge in [-0.15, -0.1) is 0 Å². The van der Waals surface area contributed by atoms with E-state index in [0.29, 0.717) is 12.3 Å². The number of rotatable bonds is 7. The minimum absolute atomic E-state index is 0.00879. The van der Waals surface area contributed by atoms with Crippen molar-refractivity contribution in [3.8, 4) is 0 Å². The summed E-state index contributed by atoms with van der Waals surface area (Å²) in [6, 6.07) is 7.62. The summed E-state index contributed by atoms with van der Waals surface area (Å²) in [4.78, 5) is 34.2. The summed E-state index contributed by atoms with van der Waals surface area (Å²) >= 11 is 0. The summed E-state index contributed by atoms with van der Waals surface area (Å²) in [6.45, 7) is 1.64. The highest BCUT2D eigenvalue weighted by molar-refractivity contribution is 5.96. The predicted octanol–water partition coefficient (Wildman–Crippen LogP) is 2.76. The third kappa shape index (κ3) is 4.83. The maximum Gasteiger partial charge on any atom is 0.375 e. The van der Waals surface area contributed by atoms with Crippen LogP contribution in [0.3, 0.4) is 0 Å². The van der Waals surface area contributed by atoms with E-state index in [4.69, 9.17) is 9.15 Å². The Hall–Kier alpha value is -4.02. The molecule has 10 nitrogen and oxygen atoms in total. The molecule has 0 saturated carbocycles. The summed E-state index contributed by atoms with van der Waals surface area (Å²) in [6.07, 6.45) is 2.10. The molecule has 1 aromatic carbocycles. The van der Waals surface area contributed by atoms with Crippen LogP contribution in [0.25, 0.3) is 0 Å². The van der Waals surface area contributed by atoms with Crippen molar-refractivity contribution in [2.45, 2.75) is 19.6 Å². The normalized spacial score (nSPS) is 11.7. The van der Waals surface area contributed by atoms with Gasteiger partial charge < -0.3 is 14.5 Å². The van der Waals surface area contributed by atoms with Gasteiger partial charge in [-0.05, 0) is 37.3 Å². The van der Waals surface area contributed by atoms with E-state index < -0.39 is 34.4 Å². The van der Waals surface area contributed by atoms with Crippen molar-refractivity contribution in [2.24, 2.45) is 0 Å². The fourth-order valence-electron chi connectivity index (χ4n) is 2.37. The van der Waals surface area contributed by atoms with Crippen molar-refractivity contribution in [1.82, 2.24) is 9.78 Å². The molecule has 0 saturated heterocycles. The smallest absolute Gasteiger partial charge is 0.375 e. The second-order valence-electron chi connectivity index (χ2n) is 5.93. The van der Waals surface area contributed by atoms with Crippen molar-refractivity contribution in [3.63, 3.8) is 0 Å². The minimum atomic E-state index is -1.23. The standard InChI is InChI=1S/C18H15FN4O6/c1-11(17(24)21-12-3-5-14(19)15(9-12)23(26)27)28-18(25)16-6-4-13(29-16)10-22-8-2-7-20-22/h2-9,11H,10H2,1H3,(H,21,24). The van der Waals surface area contributed by atoms with Crippen LogP contribution in [-0.2, 0) is 16.1 Å². The zero-order valence-corrected chi connectivity index (χ0v) is 15.1. The molecule has 3 rings (SSSR count). The number of nitrogens with one attached hydrogen (secondary N) is 1. The van der Waals surface area contributed by atoms with E-state index in [-0.39, 0.29) is 11.4 Å². The number of carbonyl (C=O) groups excluding carboxylic acids is 2. The number of nitrogens with zero attached hydrogens (tertiary/aromatic N) is 3. The molecule has 1 amide bonds. The summed E-state index contributed by atoms with van der Waals surface area (Å²) in [7, 11) is 0. The number of nitro groups is 1. The number of hydrogen-bond donors (Lipinski definition) is 1. The Balaban J connectivity index is 1.59. The summed E-state index contributed by atoms with van der Waals surface area (Å²) in [5, 5.41) is 17.1. The van der Waals surface area contributed by atoms with Crippen LogP contribution in [-0.4, -0.2) is 32.7 Å². The highest BCUT2D eigenvalue weighted by Gasteiger charge is 2.22. The molecular weight excluding hydrogens is 387 g/mol. The van der Waals surface area contributed by atoms with Gasteiger partial charge in [0.1, 0.15) is 5.76 Å². The monoisotopic (exact) mass is 402 g/mol. The third-order valence-electron chi connectivity index (χ3n) is 3.80. The third-order valence-corrected chi connectivity index (χ3v) is 3.80. The highest BCUT2D eigenvalue weighted by atomic mass is 19.1. The number of carbonyl (C=O) groups is 2. The number of furan rings is 1. The van der Waals surface area contributed by atoms with E-state index in [1.54, 1.807) is 29.2 Å². The Morgan fingerprint density at radius 3 is 2.86 bits per heavy atom. The Labute approximate surface area is 163 Å². The van der Waals surface area contributed by atoms with E-state index in [1.807, 2.05) is 0 Å². The van der Waals surface area contributed by atoms with Gasteiger partial charge >= 0.3 is 11.7 Å². The molecule has 0 aliphatic heterocycles. The number of benzene rings is 1. The molecule has 0 aliphatic carbocycles. The van der Waals surface area contributed by atoms with Crippen LogP contribution in [0.1, 0.15) is 23.2 Å². The topological polar surface area (TPSA) is 130 Å². The molecule has 1 N–H and O–H groups in total. The number of halogens is 1. The van der Waals surface area contributed by atoms with Crippen LogP contribution in [0.5, 0.6) is 0 Å². The van der Waals surface area contributed by atoms with Gasteiger partial charge in [0, 0.05) is 24.1 Å².